The van der Waals surface area contributed by atoms with Gasteiger partial charge in [0.15, 0.2) is 0 Å². The minimum atomic E-state index is -0.631. The van der Waals surface area contributed by atoms with E-state index in [9.17, 15) is 0 Å². The molecule has 0 saturated carbocycles. The van der Waals surface area contributed by atoms with Crippen LogP contribution in [0.2, 0.25) is 0 Å². The molecule has 3 unspecified atom stereocenters. The highest BCUT2D eigenvalue weighted by molar-refractivity contribution is 6.37. The quantitative estimate of drug-likeness (QED) is 0.155. The maximum absolute atomic E-state index is 17.4. The Balaban J connectivity index is 1.14. The molecular weight excluding hydrogens is 887 g/mol. The predicted octanol–water partition coefficient (Wildman–Crippen LogP) is 19.4. The van der Waals surface area contributed by atoms with Gasteiger partial charge in [0.05, 0.1) is 0 Å². The number of hydrogen-bond donors (Lipinski definition) is 0. The Morgan fingerprint density at radius 1 is 0.556 bits per heavy atom. The second-order valence-corrected chi connectivity index (χ2v) is 20.5. The van der Waals surface area contributed by atoms with Gasteiger partial charge in [-0.15, -0.1) is 0 Å². The van der Waals surface area contributed by atoms with Crippen molar-refractivity contribution in [1.82, 2.24) is 0 Å². The van der Waals surface area contributed by atoms with Crippen LogP contribution >= 0.6 is 0 Å². The van der Waals surface area contributed by atoms with Crippen molar-refractivity contribution in [2.24, 2.45) is 5.92 Å². The van der Waals surface area contributed by atoms with Gasteiger partial charge in [0.2, 0.25) is 0 Å². The van der Waals surface area contributed by atoms with E-state index in [0.29, 0.717) is 17.6 Å². The van der Waals surface area contributed by atoms with Crippen molar-refractivity contribution in [3.05, 3.63) is 232 Å². The van der Waals surface area contributed by atoms with Gasteiger partial charge in [0.1, 0.15) is 34.2 Å². The number of fused-ring (bicyclic) bond motifs is 8. The lowest BCUT2D eigenvalue weighted by Gasteiger charge is -2.30. The lowest BCUT2D eigenvalue weighted by Crippen LogP contribution is -2.17. The van der Waals surface area contributed by atoms with Crippen LogP contribution in [0.5, 0.6) is 0 Å². The van der Waals surface area contributed by atoms with Crippen LogP contribution in [0, 0.1) is 39.4 Å². The number of benzene rings is 9. The molecule has 2 aromatic heterocycles. The zero-order valence-electron chi connectivity index (χ0n) is 40.7. The minimum Gasteiger partial charge on any atom is -0.460 e. The van der Waals surface area contributed by atoms with E-state index in [4.69, 9.17) is 8.83 Å². The van der Waals surface area contributed by atoms with Crippen molar-refractivity contribution in [2.45, 2.75) is 58.8 Å². The average molecular weight is 937 g/mol. The first-order valence-corrected chi connectivity index (χ1v) is 25.4. The molecule has 9 aromatic carbocycles. The molecule has 0 fully saturated rings. The third kappa shape index (κ3) is 6.37. The molecule has 2 heterocycles. The molecule has 11 aromatic rings. The van der Waals surface area contributed by atoms with Crippen molar-refractivity contribution in [2.75, 3.05) is 0 Å². The smallest absolute Gasteiger partial charge is 0.143 e. The summed E-state index contributed by atoms with van der Waals surface area (Å²) in [5.41, 5.74) is 16.6. The number of rotatable bonds is 6. The van der Waals surface area contributed by atoms with Gasteiger partial charge in [0.25, 0.3) is 0 Å². The molecule has 4 heteroatoms. The summed E-state index contributed by atoms with van der Waals surface area (Å²) < 4.78 is 49.4. The third-order valence-corrected chi connectivity index (χ3v) is 16.3. The normalized spacial score (nSPS) is 17.8. The fraction of sp³-hybridized carbons (Fsp3) is 0.147. The molecule has 3 atom stereocenters. The first-order chi connectivity index (χ1) is 35.2. The first-order valence-electron chi connectivity index (χ1n) is 25.4. The van der Waals surface area contributed by atoms with Crippen molar-refractivity contribution >= 4 is 71.3 Å². The van der Waals surface area contributed by atoms with Crippen molar-refractivity contribution in [3.63, 3.8) is 0 Å². The monoisotopic (exact) mass is 936 g/mol. The Morgan fingerprint density at radius 3 is 2.08 bits per heavy atom. The van der Waals surface area contributed by atoms with E-state index >= 15 is 8.78 Å². The predicted molar refractivity (Wildman–Crippen MR) is 295 cm³/mol. The summed E-state index contributed by atoms with van der Waals surface area (Å²) >= 11 is 0. The lowest BCUT2D eigenvalue weighted by atomic mass is 9.73. The van der Waals surface area contributed by atoms with Gasteiger partial charge in [-0.2, -0.15) is 0 Å². The number of hydrogen-bond acceptors (Lipinski definition) is 2. The zero-order chi connectivity index (χ0) is 48.5. The number of halogens is 2. The second-order valence-electron chi connectivity index (χ2n) is 20.5. The van der Waals surface area contributed by atoms with Crippen molar-refractivity contribution < 1.29 is 17.6 Å². The van der Waals surface area contributed by atoms with E-state index in [2.05, 4.69) is 143 Å². The summed E-state index contributed by atoms with van der Waals surface area (Å²) in [6, 6.07) is 43.7. The van der Waals surface area contributed by atoms with Gasteiger partial charge in [0, 0.05) is 73.0 Å². The number of aryl methyl sites for hydroxylation is 4. The summed E-state index contributed by atoms with van der Waals surface area (Å²) in [4.78, 5) is 0. The van der Waals surface area contributed by atoms with Crippen LogP contribution in [-0.4, -0.2) is 0 Å². The van der Waals surface area contributed by atoms with Crippen LogP contribution in [0.3, 0.4) is 0 Å². The van der Waals surface area contributed by atoms with Crippen molar-refractivity contribution in [1.29, 1.82) is 0 Å². The van der Waals surface area contributed by atoms with Crippen molar-refractivity contribution in [3.8, 4) is 33.4 Å². The number of furan rings is 2. The van der Waals surface area contributed by atoms with E-state index in [1.165, 1.54) is 33.4 Å². The fourth-order valence-corrected chi connectivity index (χ4v) is 13.1. The van der Waals surface area contributed by atoms with E-state index in [1.54, 1.807) is 18.2 Å². The molecular formula is C68H50F2O2. The maximum atomic E-state index is 17.4. The molecule has 0 saturated heterocycles. The van der Waals surface area contributed by atoms with Crippen LogP contribution < -0.4 is 0 Å². The molecule has 0 radical (unpaired) electrons. The molecule has 0 N–H and O–H groups in total. The van der Waals surface area contributed by atoms with E-state index in [1.807, 2.05) is 42.5 Å². The second kappa shape index (κ2) is 16.2. The van der Waals surface area contributed by atoms with Crippen LogP contribution in [0.15, 0.2) is 190 Å². The Bertz CT molecular complexity index is 4220. The largest absolute Gasteiger partial charge is 0.460 e. The summed E-state index contributed by atoms with van der Waals surface area (Å²) in [6.45, 7) is 8.68. The molecule has 3 aliphatic carbocycles. The molecule has 0 bridgehead atoms. The molecule has 0 amide bonds. The van der Waals surface area contributed by atoms with E-state index in [0.717, 1.165) is 117 Å². The van der Waals surface area contributed by atoms with Crippen LogP contribution in [0.1, 0.15) is 69.4 Å². The fourth-order valence-electron chi connectivity index (χ4n) is 13.1. The van der Waals surface area contributed by atoms with Gasteiger partial charge < -0.3 is 8.83 Å². The van der Waals surface area contributed by atoms with Crippen LogP contribution in [-0.2, 0) is 6.42 Å². The molecule has 0 aliphatic heterocycles. The van der Waals surface area contributed by atoms with Gasteiger partial charge in [-0.05, 0) is 167 Å². The van der Waals surface area contributed by atoms with Crippen LogP contribution in [0.4, 0.5) is 8.78 Å². The molecule has 348 valence electrons. The zero-order valence-corrected chi connectivity index (χ0v) is 40.7. The molecule has 2 nitrogen and oxygen atoms in total. The Hall–Kier alpha value is -8.08. The molecule has 0 spiro atoms. The average Bonchev–Trinajstić information content (AvgIpc) is 3.95. The Morgan fingerprint density at radius 2 is 1.29 bits per heavy atom. The Kier molecular flexibility index (Phi) is 9.64. The summed E-state index contributed by atoms with van der Waals surface area (Å²) in [5.74, 6) is -0.340. The standard InChI is InChI=1S/C68H50F2O2/c1-37-15-11-16-38(2)59(37)43-27-29-49-51-31-45-33-54(64-48(24-14-26-56(64)70)42-21-9-6-10-22-42)66-62-46(32-52-50-30-28-44(36-58(50)72-68(52)66)60-39(3)17-12-18-40(60)4)34-53(65(61(45)62)67(51)71-57(49)35-43)63-47(23-13-25-55(63)69)41-19-7-5-8-20-41/h5,7-9,11-35,44,48,64H,6,10,36H2,1-4H3. The summed E-state index contributed by atoms with van der Waals surface area (Å²) in [5, 5.41) is 8.32. The lowest BCUT2D eigenvalue weighted by molar-refractivity contribution is 0.491. The highest BCUT2D eigenvalue weighted by Gasteiger charge is 2.36. The van der Waals surface area contributed by atoms with E-state index in [-0.39, 0.29) is 23.5 Å². The third-order valence-electron chi connectivity index (χ3n) is 16.3. The molecule has 14 rings (SSSR count). The highest BCUT2D eigenvalue weighted by Crippen LogP contribution is 2.55. The first kappa shape index (κ1) is 42.8. The maximum Gasteiger partial charge on any atom is 0.143 e. The van der Waals surface area contributed by atoms with Gasteiger partial charge in [-0.25, -0.2) is 8.78 Å². The van der Waals surface area contributed by atoms with Gasteiger partial charge in [-0.1, -0.05) is 127 Å². The van der Waals surface area contributed by atoms with Gasteiger partial charge in [-0.3, -0.25) is 0 Å². The number of allylic oxidation sites excluding steroid dienone is 9. The van der Waals surface area contributed by atoms with Gasteiger partial charge >= 0.3 is 0 Å². The summed E-state index contributed by atoms with van der Waals surface area (Å²) in [7, 11) is 0. The topological polar surface area (TPSA) is 26.3 Å². The highest BCUT2D eigenvalue weighted by atomic mass is 19.1. The SMILES string of the molecule is Cc1cccc(C)c1-c1ccc2c(c1)oc1c2cc2cc(C3C(F)=CC=CC3C3=CCCC=C3)c3c4oc5c(c4cc4cc(-c6c(F)cccc6-c6ccccc6)c1c2c43)C=CC(c1c(C)cccc1C)C5. The minimum absolute atomic E-state index is 0.131. The van der Waals surface area contributed by atoms with Crippen LogP contribution in [0.25, 0.3) is 105 Å². The van der Waals surface area contributed by atoms with E-state index < -0.39 is 5.92 Å². The molecule has 3 aliphatic rings. The summed E-state index contributed by atoms with van der Waals surface area (Å²) in [6.07, 6.45) is 19.5. The Labute approximate surface area is 416 Å². The molecule has 72 heavy (non-hydrogen) atoms.